The van der Waals surface area contributed by atoms with Crippen LogP contribution in [0.25, 0.3) is 0 Å². The van der Waals surface area contributed by atoms with Crippen LogP contribution in [0.15, 0.2) is 42.5 Å². The molecule has 3 rings (SSSR count). The van der Waals surface area contributed by atoms with Crippen LogP contribution in [0.2, 0.25) is 0 Å². The summed E-state index contributed by atoms with van der Waals surface area (Å²) in [5.74, 6) is 0.170. The van der Waals surface area contributed by atoms with Crippen molar-refractivity contribution in [3.8, 4) is 6.07 Å². The summed E-state index contributed by atoms with van der Waals surface area (Å²) in [4.78, 5) is 0. The molecule has 0 bridgehead atoms. The summed E-state index contributed by atoms with van der Waals surface area (Å²) in [6.07, 6.45) is 4.02. The second-order valence-electron chi connectivity index (χ2n) is 8.80. The molecule has 154 valence electrons. The maximum absolute atomic E-state index is 13.9. The van der Waals surface area contributed by atoms with Gasteiger partial charge in [0, 0.05) is 11.4 Å². The van der Waals surface area contributed by atoms with Gasteiger partial charge >= 0.3 is 0 Å². The van der Waals surface area contributed by atoms with E-state index in [-0.39, 0.29) is 5.69 Å². The molecule has 4 nitrogen and oxygen atoms in total. The Kier molecular flexibility index (Phi) is 6.23. The predicted octanol–water partition coefficient (Wildman–Crippen LogP) is 4.77. The van der Waals surface area contributed by atoms with E-state index in [1.165, 1.54) is 18.9 Å². The van der Waals surface area contributed by atoms with Crippen LogP contribution in [0, 0.1) is 23.1 Å². The quantitative estimate of drug-likeness (QED) is 0.506. The highest BCUT2D eigenvalue weighted by molar-refractivity contribution is 7.90. The normalized spacial score (nSPS) is 17.4. The van der Waals surface area contributed by atoms with E-state index in [1.54, 1.807) is 18.2 Å². The van der Waals surface area contributed by atoms with Gasteiger partial charge in [-0.1, -0.05) is 31.0 Å². The summed E-state index contributed by atoms with van der Waals surface area (Å²) in [7, 11) is 0. The minimum Gasteiger partial charge on any atom is -0.598 e. The average Bonchev–Trinajstić information content (AvgIpc) is 3.51. The zero-order valence-corrected chi connectivity index (χ0v) is 18.0. The van der Waals surface area contributed by atoms with Crippen molar-refractivity contribution >= 4 is 17.0 Å². The van der Waals surface area contributed by atoms with Gasteiger partial charge in [0.05, 0.1) is 17.3 Å². The first-order valence-electron chi connectivity index (χ1n) is 9.91. The molecule has 1 fully saturated rings. The monoisotopic (exact) mass is 413 g/mol. The Morgan fingerprint density at radius 1 is 1.21 bits per heavy atom. The van der Waals surface area contributed by atoms with Gasteiger partial charge < -0.3 is 10.3 Å². The zero-order chi connectivity index (χ0) is 21.2. The number of nitrogens with zero attached hydrogens (tertiary/aromatic N) is 1. The van der Waals surface area contributed by atoms with Crippen LogP contribution >= 0.6 is 0 Å². The van der Waals surface area contributed by atoms with Crippen LogP contribution in [-0.4, -0.2) is 9.30 Å². The van der Waals surface area contributed by atoms with Crippen molar-refractivity contribution in [2.24, 2.45) is 5.92 Å². The molecular weight excluding hydrogens is 385 g/mol. The first-order chi connectivity index (χ1) is 13.7. The maximum Gasteiger partial charge on any atom is 0.146 e. The standard InChI is InChI=1S/C23H28FN3OS/c1-22(2,3)29(28)27-23(12-11-16-7-8-16,18-6-4-5-17(13-18)15-25)19-9-10-20(24)21(26)14-19/h4-6,9-10,13-14,16,27H,7-8,11-12,26H2,1-3H3/t23?,29-/m1/s1. The van der Waals surface area contributed by atoms with Crippen LogP contribution in [0.5, 0.6) is 0 Å². The fraction of sp³-hybridized carbons (Fsp3) is 0.435. The Labute approximate surface area is 175 Å². The van der Waals surface area contributed by atoms with E-state index in [0.717, 1.165) is 17.5 Å². The van der Waals surface area contributed by atoms with Crippen LogP contribution in [0.3, 0.4) is 0 Å². The Morgan fingerprint density at radius 3 is 2.48 bits per heavy atom. The molecule has 2 atom stereocenters. The van der Waals surface area contributed by atoms with Crippen LogP contribution in [0.1, 0.15) is 63.1 Å². The predicted molar refractivity (Wildman–Crippen MR) is 116 cm³/mol. The van der Waals surface area contributed by atoms with Gasteiger partial charge in [-0.3, -0.25) is 0 Å². The molecule has 6 heteroatoms. The molecule has 1 aliphatic carbocycles. The van der Waals surface area contributed by atoms with Crippen LogP contribution in [-0.2, 0) is 16.9 Å². The first-order valence-corrected chi connectivity index (χ1v) is 11.1. The lowest BCUT2D eigenvalue weighted by Crippen LogP contribution is -2.52. The highest BCUT2D eigenvalue weighted by Gasteiger charge is 2.43. The molecule has 2 aromatic rings. The first kappa shape index (κ1) is 21.6. The van der Waals surface area contributed by atoms with E-state index in [1.807, 2.05) is 39.0 Å². The number of halogens is 1. The molecule has 29 heavy (non-hydrogen) atoms. The molecule has 2 aromatic carbocycles. The third-order valence-corrected chi connectivity index (χ3v) is 7.07. The van der Waals surface area contributed by atoms with Crippen molar-refractivity contribution in [1.29, 1.82) is 5.26 Å². The van der Waals surface area contributed by atoms with E-state index in [0.29, 0.717) is 17.9 Å². The molecule has 0 heterocycles. The Hall–Kier alpha value is -2.07. The molecule has 0 spiro atoms. The number of nitrogens with two attached hydrogens (primary N) is 1. The minimum atomic E-state index is -1.39. The van der Waals surface area contributed by atoms with Crippen molar-refractivity contribution in [2.75, 3.05) is 5.73 Å². The van der Waals surface area contributed by atoms with E-state index in [9.17, 15) is 14.2 Å². The van der Waals surface area contributed by atoms with E-state index in [4.69, 9.17) is 5.73 Å². The fourth-order valence-corrected chi connectivity index (χ4v) is 4.39. The summed E-state index contributed by atoms with van der Waals surface area (Å²) in [5, 5.41) is 9.42. The minimum absolute atomic E-state index is 0.0538. The number of hydrogen-bond acceptors (Lipinski definition) is 4. The van der Waals surface area contributed by atoms with Crippen molar-refractivity contribution in [3.63, 3.8) is 0 Å². The number of nitrogen functional groups attached to an aromatic ring is 1. The Balaban J connectivity index is 2.18. The van der Waals surface area contributed by atoms with Gasteiger partial charge in [0.2, 0.25) is 0 Å². The zero-order valence-electron chi connectivity index (χ0n) is 17.2. The molecule has 0 saturated heterocycles. The van der Waals surface area contributed by atoms with E-state index >= 15 is 0 Å². The molecule has 1 aliphatic rings. The molecule has 1 saturated carbocycles. The highest BCUT2D eigenvalue weighted by atomic mass is 32.2. The SMILES string of the molecule is CC(C)(C)[S@@+]([O-])NC(CCC1CC1)(c1cccc(C#N)c1)c1ccc(F)c(N)c1. The molecule has 0 aromatic heterocycles. The molecule has 3 N–H and O–H groups in total. The van der Waals surface area contributed by atoms with Gasteiger partial charge in [-0.15, -0.1) is 4.72 Å². The van der Waals surface area contributed by atoms with Gasteiger partial charge in [0.15, 0.2) is 0 Å². The summed E-state index contributed by atoms with van der Waals surface area (Å²) in [5.41, 5.74) is 7.23. The largest absolute Gasteiger partial charge is 0.598 e. The van der Waals surface area contributed by atoms with E-state index < -0.39 is 27.5 Å². The Morgan fingerprint density at radius 2 is 1.90 bits per heavy atom. The second-order valence-corrected chi connectivity index (χ2v) is 10.8. The second kappa shape index (κ2) is 8.35. The fourth-order valence-electron chi connectivity index (χ4n) is 3.43. The lowest BCUT2D eigenvalue weighted by Gasteiger charge is -2.39. The van der Waals surface area contributed by atoms with E-state index in [2.05, 4.69) is 10.8 Å². The number of nitrogens with one attached hydrogen (secondary N) is 1. The lowest BCUT2D eigenvalue weighted by atomic mass is 9.79. The molecular formula is C23H28FN3OS. The summed E-state index contributed by atoms with van der Waals surface area (Å²) >= 11 is -1.39. The van der Waals surface area contributed by atoms with Crippen molar-refractivity contribution in [2.45, 2.75) is 56.7 Å². The topological polar surface area (TPSA) is 84.9 Å². The average molecular weight is 414 g/mol. The summed E-state index contributed by atoms with van der Waals surface area (Å²) in [6, 6.07) is 14.2. The smallest absolute Gasteiger partial charge is 0.146 e. The van der Waals surface area contributed by atoms with Gasteiger partial charge in [0.25, 0.3) is 0 Å². The number of rotatable bonds is 7. The van der Waals surface area contributed by atoms with Gasteiger partial charge in [0.1, 0.15) is 16.1 Å². The van der Waals surface area contributed by atoms with Crippen molar-refractivity contribution in [3.05, 3.63) is 65.0 Å². The third-order valence-electron chi connectivity index (χ3n) is 5.42. The number of hydrogen-bond donors (Lipinski definition) is 2. The molecule has 0 amide bonds. The lowest BCUT2D eigenvalue weighted by molar-refractivity contribution is 0.401. The van der Waals surface area contributed by atoms with Gasteiger partial charge in [-0.2, -0.15) is 5.26 Å². The van der Waals surface area contributed by atoms with Crippen molar-refractivity contribution < 1.29 is 8.94 Å². The maximum atomic E-state index is 13.9. The molecule has 0 radical (unpaired) electrons. The van der Waals surface area contributed by atoms with Crippen molar-refractivity contribution in [1.82, 2.24) is 4.72 Å². The Bertz CT molecular complexity index is 917. The number of nitriles is 1. The molecule has 1 unspecified atom stereocenters. The van der Waals surface area contributed by atoms with Gasteiger partial charge in [-0.25, -0.2) is 4.39 Å². The number of anilines is 1. The molecule has 0 aliphatic heterocycles. The van der Waals surface area contributed by atoms with Gasteiger partial charge in [-0.05, 0) is 74.9 Å². The van der Waals surface area contributed by atoms with Crippen LogP contribution < -0.4 is 10.5 Å². The van der Waals surface area contributed by atoms with Crippen LogP contribution in [0.4, 0.5) is 10.1 Å². The number of benzene rings is 2. The summed E-state index contributed by atoms with van der Waals surface area (Å²) < 4.78 is 30.0. The highest BCUT2D eigenvalue weighted by Crippen LogP contribution is 2.43. The third kappa shape index (κ3) is 4.92. The summed E-state index contributed by atoms with van der Waals surface area (Å²) in [6.45, 7) is 5.73.